The van der Waals surface area contributed by atoms with Crippen molar-refractivity contribution in [2.45, 2.75) is 19.8 Å². The van der Waals surface area contributed by atoms with E-state index in [-0.39, 0.29) is 5.97 Å². The van der Waals surface area contributed by atoms with Crippen LogP contribution in [-0.4, -0.2) is 12.6 Å². The summed E-state index contributed by atoms with van der Waals surface area (Å²) in [5.41, 5.74) is 7.63. The SMILES string of the molecule is CCOC(=O)c1ccc(N)c(CCC#N)c1. The predicted octanol–water partition coefficient (Wildman–Crippen LogP) is 1.90. The largest absolute Gasteiger partial charge is 0.462 e. The van der Waals surface area contributed by atoms with Crippen molar-refractivity contribution in [2.24, 2.45) is 0 Å². The molecular formula is C12H14N2O2. The Balaban J connectivity index is 2.89. The van der Waals surface area contributed by atoms with Gasteiger partial charge in [-0.25, -0.2) is 4.79 Å². The summed E-state index contributed by atoms with van der Waals surface area (Å²) in [7, 11) is 0. The minimum Gasteiger partial charge on any atom is -0.462 e. The van der Waals surface area contributed by atoms with Crippen molar-refractivity contribution in [2.75, 3.05) is 12.3 Å². The molecule has 0 amide bonds. The molecule has 84 valence electrons. The summed E-state index contributed by atoms with van der Waals surface area (Å²) >= 11 is 0. The van der Waals surface area contributed by atoms with Gasteiger partial charge in [0.1, 0.15) is 0 Å². The van der Waals surface area contributed by atoms with Gasteiger partial charge in [0.2, 0.25) is 0 Å². The number of esters is 1. The van der Waals surface area contributed by atoms with Gasteiger partial charge in [-0.05, 0) is 37.1 Å². The van der Waals surface area contributed by atoms with Crippen molar-refractivity contribution in [3.8, 4) is 6.07 Å². The van der Waals surface area contributed by atoms with Crippen LogP contribution in [0.5, 0.6) is 0 Å². The maximum absolute atomic E-state index is 11.5. The van der Waals surface area contributed by atoms with Crippen LogP contribution in [0.15, 0.2) is 18.2 Å². The number of nitrogen functional groups attached to an aromatic ring is 1. The average molecular weight is 218 g/mol. The normalized spacial score (nSPS) is 9.50. The molecule has 1 aromatic carbocycles. The standard InChI is InChI=1S/C12H14N2O2/c1-2-16-12(15)10-5-6-11(14)9(8-10)4-3-7-13/h5-6,8H,2-4,14H2,1H3. The minimum atomic E-state index is -0.360. The molecule has 4 heteroatoms. The zero-order chi connectivity index (χ0) is 12.0. The molecule has 1 rings (SSSR count). The lowest BCUT2D eigenvalue weighted by atomic mass is 10.0. The highest BCUT2D eigenvalue weighted by Crippen LogP contribution is 2.16. The Morgan fingerprint density at radius 3 is 2.94 bits per heavy atom. The number of ether oxygens (including phenoxy) is 1. The Morgan fingerprint density at radius 2 is 2.31 bits per heavy atom. The molecular weight excluding hydrogens is 204 g/mol. The van der Waals surface area contributed by atoms with Crippen LogP contribution in [-0.2, 0) is 11.2 Å². The van der Waals surface area contributed by atoms with Gasteiger partial charge in [0, 0.05) is 12.1 Å². The first kappa shape index (κ1) is 12.1. The minimum absolute atomic E-state index is 0.344. The van der Waals surface area contributed by atoms with Crippen LogP contribution < -0.4 is 5.73 Å². The third kappa shape index (κ3) is 2.99. The first-order valence-electron chi connectivity index (χ1n) is 5.11. The highest BCUT2D eigenvalue weighted by molar-refractivity contribution is 5.90. The summed E-state index contributed by atoms with van der Waals surface area (Å²) < 4.78 is 4.88. The van der Waals surface area contributed by atoms with Crippen molar-refractivity contribution in [3.05, 3.63) is 29.3 Å². The van der Waals surface area contributed by atoms with Gasteiger partial charge in [0.05, 0.1) is 18.2 Å². The fourth-order valence-corrected chi connectivity index (χ4v) is 1.35. The van der Waals surface area contributed by atoms with Gasteiger partial charge in [0.25, 0.3) is 0 Å². The van der Waals surface area contributed by atoms with E-state index in [2.05, 4.69) is 0 Å². The Kier molecular flexibility index (Phi) is 4.34. The Morgan fingerprint density at radius 1 is 1.56 bits per heavy atom. The van der Waals surface area contributed by atoms with E-state index in [0.29, 0.717) is 30.7 Å². The van der Waals surface area contributed by atoms with Crippen molar-refractivity contribution in [1.29, 1.82) is 5.26 Å². The van der Waals surface area contributed by atoms with E-state index in [1.165, 1.54) is 0 Å². The van der Waals surface area contributed by atoms with Crippen molar-refractivity contribution in [1.82, 2.24) is 0 Å². The van der Waals surface area contributed by atoms with E-state index in [4.69, 9.17) is 15.7 Å². The van der Waals surface area contributed by atoms with E-state index in [9.17, 15) is 4.79 Å². The van der Waals surface area contributed by atoms with Crippen molar-refractivity contribution >= 4 is 11.7 Å². The summed E-state index contributed by atoms with van der Waals surface area (Å²) in [6, 6.07) is 7.02. The van der Waals surface area contributed by atoms with Crippen molar-refractivity contribution < 1.29 is 9.53 Å². The molecule has 16 heavy (non-hydrogen) atoms. The van der Waals surface area contributed by atoms with Gasteiger partial charge in [-0.2, -0.15) is 5.26 Å². The molecule has 4 nitrogen and oxygen atoms in total. The van der Waals surface area contributed by atoms with E-state index in [0.717, 1.165) is 5.56 Å². The van der Waals surface area contributed by atoms with Crippen molar-refractivity contribution in [3.63, 3.8) is 0 Å². The van der Waals surface area contributed by atoms with Gasteiger partial charge in [-0.3, -0.25) is 0 Å². The molecule has 0 fully saturated rings. The van der Waals surface area contributed by atoms with E-state index >= 15 is 0 Å². The summed E-state index contributed by atoms with van der Waals surface area (Å²) in [6.07, 6.45) is 0.937. The molecule has 0 bridgehead atoms. The Hall–Kier alpha value is -2.02. The van der Waals surface area contributed by atoms with Gasteiger partial charge in [-0.1, -0.05) is 0 Å². The molecule has 0 aliphatic carbocycles. The number of nitrogens with two attached hydrogens (primary N) is 1. The third-order valence-corrected chi connectivity index (χ3v) is 2.16. The number of nitrogens with zero attached hydrogens (tertiary/aromatic N) is 1. The number of hydrogen-bond acceptors (Lipinski definition) is 4. The van der Waals surface area contributed by atoms with Crippen LogP contribution in [0.25, 0.3) is 0 Å². The first-order valence-corrected chi connectivity index (χ1v) is 5.11. The second-order valence-electron chi connectivity index (χ2n) is 3.29. The molecule has 0 radical (unpaired) electrons. The lowest BCUT2D eigenvalue weighted by Gasteiger charge is -2.06. The molecule has 0 heterocycles. The van der Waals surface area contributed by atoms with E-state index in [1.807, 2.05) is 6.07 Å². The van der Waals surface area contributed by atoms with Gasteiger partial charge in [0.15, 0.2) is 0 Å². The molecule has 0 aliphatic rings. The maximum Gasteiger partial charge on any atom is 0.338 e. The van der Waals surface area contributed by atoms with Gasteiger partial charge >= 0.3 is 5.97 Å². The quantitative estimate of drug-likeness (QED) is 0.618. The van der Waals surface area contributed by atoms with E-state index < -0.39 is 0 Å². The lowest BCUT2D eigenvalue weighted by Crippen LogP contribution is -2.06. The van der Waals surface area contributed by atoms with E-state index in [1.54, 1.807) is 25.1 Å². The molecule has 2 N–H and O–H groups in total. The maximum atomic E-state index is 11.5. The number of aryl methyl sites for hydroxylation is 1. The number of nitriles is 1. The molecule has 0 spiro atoms. The topological polar surface area (TPSA) is 76.1 Å². The van der Waals surface area contributed by atoms with Gasteiger partial charge in [-0.15, -0.1) is 0 Å². The number of hydrogen-bond donors (Lipinski definition) is 1. The Labute approximate surface area is 94.6 Å². The molecule has 0 atom stereocenters. The zero-order valence-corrected chi connectivity index (χ0v) is 9.19. The summed E-state index contributed by atoms with van der Waals surface area (Å²) in [4.78, 5) is 11.5. The number of rotatable bonds is 4. The number of carbonyl (C=O) groups is 1. The molecule has 0 saturated carbocycles. The summed E-state index contributed by atoms with van der Waals surface area (Å²) in [6.45, 7) is 2.10. The number of carbonyl (C=O) groups excluding carboxylic acids is 1. The fraction of sp³-hybridized carbons (Fsp3) is 0.333. The molecule has 0 saturated heterocycles. The second kappa shape index (κ2) is 5.76. The predicted molar refractivity (Wildman–Crippen MR) is 60.7 cm³/mol. The first-order chi connectivity index (χ1) is 7.69. The van der Waals surface area contributed by atoms with Crippen LogP contribution >= 0.6 is 0 Å². The van der Waals surface area contributed by atoms with Gasteiger partial charge < -0.3 is 10.5 Å². The van der Waals surface area contributed by atoms with Crippen LogP contribution in [0.1, 0.15) is 29.3 Å². The molecule has 0 unspecified atom stereocenters. The summed E-state index contributed by atoms with van der Waals surface area (Å²) in [5.74, 6) is -0.360. The molecule has 0 aromatic heterocycles. The highest BCUT2D eigenvalue weighted by Gasteiger charge is 2.08. The second-order valence-corrected chi connectivity index (χ2v) is 3.29. The number of anilines is 1. The van der Waals surface area contributed by atoms with Crippen LogP contribution in [0.3, 0.4) is 0 Å². The van der Waals surface area contributed by atoms with Crippen LogP contribution in [0, 0.1) is 11.3 Å². The molecule has 0 aliphatic heterocycles. The smallest absolute Gasteiger partial charge is 0.338 e. The zero-order valence-electron chi connectivity index (χ0n) is 9.19. The lowest BCUT2D eigenvalue weighted by molar-refractivity contribution is 0.0526. The average Bonchev–Trinajstić information content (AvgIpc) is 2.28. The number of benzene rings is 1. The molecule has 1 aromatic rings. The Bertz CT molecular complexity index is 422. The third-order valence-electron chi connectivity index (χ3n) is 2.16. The monoisotopic (exact) mass is 218 g/mol. The van der Waals surface area contributed by atoms with Crippen LogP contribution in [0.4, 0.5) is 5.69 Å². The summed E-state index contributed by atoms with van der Waals surface area (Å²) in [5, 5.41) is 8.50. The fourth-order valence-electron chi connectivity index (χ4n) is 1.35. The highest BCUT2D eigenvalue weighted by atomic mass is 16.5. The van der Waals surface area contributed by atoms with Crippen LogP contribution in [0.2, 0.25) is 0 Å².